The molecule has 1 atom stereocenters. The summed E-state index contributed by atoms with van der Waals surface area (Å²) < 4.78 is 25.5. The molecule has 25 heavy (non-hydrogen) atoms. The van der Waals surface area contributed by atoms with E-state index in [0.717, 1.165) is 35.1 Å². The minimum Gasteiger partial charge on any atom is -0.298 e. The summed E-state index contributed by atoms with van der Waals surface area (Å²) in [4.78, 5) is 2.20. The molecule has 0 aliphatic carbocycles. The molecule has 1 aromatic carbocycles. The number of aromatic nitrogens is 2. The fourth-order valence-electron chi connectivity index (χ4n) is 3.49. The number of benzene rings is 1. The molecule has 5 nitrogen and oxygen atoms in total. The van der Waals surface area contributed by atoms with Crippen molar-refractivity contribution in [3.8, 4) is 0 Å². The first kappa shape index (κ1) is 18.4. The number of aryl methyl sites for hydroxylation is 1. The van der Waals surface area contributed by atoms with Crippen molar-refractivity contribution in [3.63, 3.8) is 0 Å². The largest absolute Gasteiger partial charge is 0.298 e. The second kappa shape index (κ2) is 7.09. The molecule has 0 amide bonds. The fourth-order valence-corrected chi connectivity index (χ4v) is 5.38. The zero-order chi connectivity index (χ0) is 18.2. The van der Waals surface area contributed by atoms with E-state index in [4.69, 9.17) is 11.6 Å². The minimum absolute atomic E-state index is 0.0358. The van der Waals surface area contributed by atoms with E-state index < -0.39 is 9.84 Å². The number of halogens is 1. The Hall–Kier alpha value is -1.37. The van der Waals surface area contributed by atoms with Crippen LogP contribution in [-0.4, -0.2) is 41.7 Å². The SMILES string of the molecule is Cc1nn([C@@H]2CCS(=O)(=O)C2)c(C)c1CN(C)Cc1ccccc1Cl. The summed E-state index contributed by atoms with van der Waals surface area (Å²) in [6.45, 7) is 5.53. The van der Waals surface area contributed by atoms with Crippen molar-refractivity contribution >= 4 is 21.4 Å². The van der Waals surface area contributed by atoms with E-state index in [1.54, 1.807) is 0 Å². The molecule has 1 aliphatic heterocycles. The van der Waals surface area contributed by atoms with Gasteiger partial charge in [-0.1, -0.05) is 29.8 Å². The van der Waals surface area contributed by atoms with Crippen molar-refractivity contribution < 1.29 is 8.42 Å². The van der Waals surface area contributed by atoms with Crippen LogP contribution < -0.4 is 0 Å². The van der Waals surface area contributed by atoms with E-state index in [9.17, 15) is 8.42 Å². The molecule has 2 heterocycles. The average molecular weight is 382 g/mol. The standard InChI is InChI=1S/C18H24ClN3O2S/c1-13-17(11-21(3)10-15-6-4-5-7-18(15)19)14(2)22(20-13)16-8-9-25(23,24)12-16/h4-7,16H,8-12H2,1-3H3/t16-/m1/s1. The second-order valence-electron chi connectivity index (χ2n) is 6.91. The highest BCUT2D eigenvalue weighted by atomic mass is 35.5. The highest BCUT2D eigenvalue weighted by Gasteiger charge is 2.31. The Morgan fingerprint density at radius 3 is 2.64 bits per heavy atom. The van der Waals surface area contributed by atoms with E-state index in [0.29, 0.717) is 6.42 Å². The van der Waals surface area contributed by atoms with Crippen LogP contribution in [-0.2, 0) is 22.9 Å². The summed E-state index contributed by atoms with van der Waals surface area (Å²) in [5.74, 6) is 0.460. The van der Waals surface area contributed by atoms with Gasteiger partial charge in [0.2, 0.25) is 0 Å². The number of sulfone groups is 1. The third kappa shape index (κ3) is 4.07. The fraction of sp³-hybridized carbons (Fsp3) is 0.500. The number of rotatable bonds is 5. The van der Waals surface area contributed by atoms with Crippen molar-refractivity contribution in [3.05, 3.63) is 51.8 Å². The van der Waals surface area contributed by atoms with Crippen LogP contribution in [0, 0.1) is 13.8 Å². The Labute approximate surface area is 154 Å². The van der Waals surface area contributed by atoms with Gasteiger partial charge in [0.1, 0.15) is 0 Å². The third-order valence-electron chi connectivity index (χ3n) is 4.86. The van der Waals surface area contributed by atoms with Gasteiger partial charge >= 0.3 is 0 Å². The van der Waals surface area contributed by atoms with Gasteiger partial charge in [-0.15, -0.1) is 0 Å². The van der Waals surface area contributed by atoms with E-state index >= 15 is 0 Å². The summed E-state index contributed by atoms with van der Waals surface area (Å²) in [6.07, 6.45) is 0.652. The smallest absolute Gasteiger partial charge is 0.152 e. The van der Waals surface area contributed by atoms with Gasteiger partial charge in [-0.3, -0.25) is 9.58 Å². The highest BCUT2D eigenvalue weighted by Crippen LogP contribution is 2.27. The highest BCUT2D eigenvalue weighted by molar-refractivity contribution is 7.91. The van der Waals surface area contributed by atoms with Crippen LogP contribution in [0.5, 0.6) is 0 Å². The first-order valence-electron chi connectivity index (χ1n) is 8.44. The molecule has 1 aliphatic rings. The molecule has 0 bridgehead atoms. The first-order chi connectivity index (χ1) is 11.8. The van der Waals surface area contributed by atoms with Crippen molar-refractivity contribution in [1.29, 1.82) is 0 Å². The van der Waals surface area contributed by atoms with Gasteiger partial charge in [-0.2, -0.15) is 5.10 Å². The van der Waals surface area contributed by atoms with Gasteiger partial charge in [-0.05, 0) is 38.9 Å². The lowest BCUT2D eigenvalue weighted by molar-refractivity contribution is 0.317. The third-order valence-corrected chi connectivity index (χ3v) is 6.97. The van der Waals surface area contributed by atoms with E-state index in [-0.39, 0.29) is 17.5 Å². The molecule has 3 rings (SSSR count). The van der Waals surface area contributed by atoms with Crippen molar-refractivity contribution in [1.82, 2.24) is 14.7 Å². The molecule has 1 aromatic heterocycles. The van der Waals surface area contributed by atoms with E-state index in [2.05, 4.69) is 17.0 Å². The first-order valence-corrected chi connectivity index (χ1v) is 10.6. The summed E-state index contributed by atoms with van der Waals surface area (Å²) in [5.41, 5.74) is 4.29. The molecule has 0 spiro atoms. The lowest BCUT2D eigenvalue weighted by Crippen LogP contribution is -2.19. The quantitative estimate of drug-likeness (QED) is 0.798. The minimum atomic E-state index is -2.92. The molecule has 136 valence electrons. The van der Waals surface area contributed by atoms with Gasteiger partial charge in [0, 0.05) is 29.4 Å². The zero-order valence-electron chi connectivity index (χ0n) is 14.9. The molecule has 0 radical (unpaired) electrons. The van der Waals surface area contributed by atoms with Crippen molar-refractivity contribution in [2.45, 2.75) is 39.4 Å². The molecular formula is C18H24ClN3O2S. The second-order valence-corrected chi connectivity index (χ2v) is 9.55. The van der Waals surface area contributed by atoms with Crippen LogP contribution in [0.2, 0.25) is 5.02 Å². The molecule has 2 aromatic rings. The summed E-state index contributed by atoms with van der Waals surface area (Å²) >= 11 is 6.25. The summed E-state index contributed by atoms with van der Waals surface area (Å²) in [6, 6.07) is 7.82. The van der Waals surface area contributed by atoms with Crippen LogP contribution in [0.15, 0.2) is 24.3 Å². The Morgan fingerprint density at radius 2 is 2.00 bits per heavy atom. The lowest BCUT2D eigenvalue weighted by Gasteiger charge is -2.18. The summed E-state index contributed by atoms with van der Waals surface area (Å²) in [5, 5.41) is 5.41. The predicted molar refractivity (Wildman–Crippen MR) is 101 cm³/mol. The maximum absolute atomic E-state index is 11.8. The lowest BCUT2D eigenvalue weighted by atomic mass is 10.1. The average Bonchev–Trinajstić information content (AvgIpc) is 3.03. The molecule has 0 N–H and O–H groups in total. The van der Waals surface area contributed by atoms with E-state index in [1.165, 1.54) is 5.56 Å². The Morgan fingerprint density at radius 1 is 1.28 bits per heavy atom. The monoisotopic (exact) mass is 381 g/mol. The Bertz CT molecular complexity index is 876. The molecule has 7 heteroatoms. The van der Waals surface area contributed by atoms with Crippen molar-refractivity contribution in [2.75, 3.05) is 18.6 Å². The number of hydrogen-bond donors (Lipinski definition) is 0. The number of hydrogen-bond acceptors (Lipinski definition) is 4. The maximum Gasteiger partial charge on any atom is 0.152 e. The summed E-state index contributed by atoms with van der Waals surface area (Å²) in [7, 11) is -0.863. The topological polar surface area (TPSA) is 55.2 Å². The van der Waals surface area contributed by atoms with Gasteiger partial charge in [0.25, 0.3) is 0 Å². The predicted octanol–water partition coefficient (Wildman–Crippen LogP) is 3.14. The molecule has 0 unspecified atom stereocenters. The zero-order valence-corrected chi connectivity index (χ0v) is 16.4. The van der Waals surface area contributed by atoms with Crippen molar-refractivity contribution in [2.24, 2.45) is 0 Å². The van der Waals surface area contributed by atoms with Gasteiger partial charge in [0.05, 0.1) is 23.2 Å². The normalized spacial score (nSPS) is 19.6. The molecule has 1 saturated heterocycles. The Kier molecular flexibility index (Phi) is 5.23. The molecule has 1 fully saturated rings. The number of nitrogens with zero attached hydrogens (tertiary/aromatic N) is 3. The van der Waals surface area contributed by atoms with Crippen LogP contribution >= 0.6 is 11.6 Å². The van der Waals surface area contributed by atoms with Crippen LogP contribution in [0.3, 0.4) is 0 Å². The Balaban J connectivity index is 1.76. The van der Waals surface area contributed by atoms with E-state index in [1.807, 2.05) is 42.8 Å². The van der Waals surface area contributed by atoms with Crippen LogP contribution in [0.1, 0.15) is 35.0 Å². The molecule has 0 saturated carbocycles. The maximum atomic E-state index is 11.8. The van der Waals surface area contributed by atoms with Gasteiger partial charge in [-0.25, -0.2) is 8.42 Å². The van der Waals surface area contributed by atoms with Gasteiger partial charge < -0.3 is 0 Å². The molecular weight excluding hydrogens is 358 g/mol. The van der Waals surface area contributed by atoms with Crippen LogP contribution in [0.25, 0.3) is 0 Å². The van der Waals surface area contributed by atoms with Gasteiger partial charge in [0.15, 0.2) is 9.84 Å². The van der Waals surface area contributed by atoms with Crippen LogP contribution in [0.4, 0.5) is 0 Å².